The fourth-order valence-corrected chi connectivity index (χ4v) is 9.39. The number of rotatable bonds is 12. The van der Waals surface area contributed by atoms with Gasteiger partial charge in [0.25, 0.3) is 0 Å². The largest absolute Gasteiger partial charge is 0.468 e. The van der Waals surface area contributed by atoms with E-state index in [4.69, 9.17) is 9.47 Å². The van der Waals surface area contributed by atoms with E-state index in [2.05, 4.69) is 94.2 Å². The number of H-pyrrole nitrogens is 2. The molecule has 1 aliphatic carbocycles. The molecule has 4 aliphatic rings. The van der Waals surface area contributed by atoms with Crippen molar-refractivity contribution in [2.75, 3.05) is 13.7 Å². The molecular formula is C45H62N4O5. The van der Waals surface area contributed by atoms with Gasteiger partial charge in [-0.15, -0.1) is 0 Å². The summed E-state index contributed by atoms with van der Waals surface area (Å²) in [5, 5.41) is 21.2. The molecule has 9 heteroatoms. The number of carbonyl (C=O) groups is 2. The highest BCUT2D eigenvalue weighted by molar-refractivity contribution is 5.88. The number of methoxy groups -OCH3 is 1. The van der Waals surface area contributed by atoms with Crippen molar-refractivity contribution >= 4 is 29.7 Å². The summed E-state index contributed by atoms with van der Waals surface area (Å²) in [4.78, 5) is 34.2. The van der Waals surface area contributed by atoms with E-state index >= 15 is 0 Å². The maximum Gasteiger partial charge on any atom is 0.315 e. The minimum Gasteiger partial charge on any atom is -0.468 e. The molecule has 0 spiro atoms. The molecule has 292 valence electrons. The van der Waals surface area contributed by atoms with Crippen molar-refractivity contribution in [1.82, 2.24) is 20.6 Å². The summed E-state index contributed by atoms with van der Waals surface area (Å²) in [5.74, 6) is -0.720. The predicted molar refractivity (Wildman–Crippen MR) is 215 cm³/mol. The molecule has 0 aromatic carbocycles. The Morgan fingerprint density at radius 2 is 1.76 bits per heavy atom. The molecule has 5 N–H and O–H groups in total. The van der Waals surface area contributed by atoms with Crippen molar-refractivity contribution < 1.29 is 24.2 Å². The Bertz CT molecular complexity index is 2040. The number of hydrogen-bond donors (Lipinski definition) is 5. The van der Waals surface area contributed by atoms with Gasteiger partial charge in [0.15, 0.2) is 0 Å². The van der Waals surface area contributed by atoms with E-state index in [1.54, 1.807) is 0 Å². The first-order valence-electron chi connectivity index (χ1n) is 20.2. The van der Waals surface area contributed by atoms with Crippen LogP contribution in [-0.4, -0.2) is 46.8 Å². The Morgan fingerprint density at radius 3 is 2.44 bits per heavy atom. The van der Waals surface area contributed by atoms with Gasteiger partial charge in [0.2, 0.25) is 0 Å². The number of ether oxygens (including phenoxy) is 2. The second-order valence-electron chi connectivity index (χ2n) is 16.4. The van der Waals surface area contributed by atoms with Gasteiger partial charge >= 0.3 is 11.9 Å². The van der Waals surface area contributed by atoms with Gasteiger partial charge in [-0.1, -0.05) is 46.6 Å². The second-order valence-corrected chi connectivity index (χ2v) is 16.4. The molecule has 1 saturated heterocycles. The Balaban J connectivity index is 1.44. The predicted octanol–water partition coefficient (Wildman–Crippen LogP) is 6.80. The molecule has 3 aliphatic heterocycles. The van der Waals surface area contributed by atoms with Gasteiger partial charge in [-0.2, -0.15) is 0 Å². The lowest BCUT2D eigenvalue weighted by atomic mass is 9.80. The Morgan fingerprint density at radius 1 is 1.00 bits per heavy atom. The quantitative estimate of drug-likeness (QED) is 0.120. The van der Waals surface area contributed by atoms with Crippen LogP contribution in [0, 0.1) is 43.4 Å². The molecule has 2 aromatic rings. The van der Waals surface area contributed by atoms with E-state index in [0.29, 0.717) is 12.3 Å². The van der Waals surface area contributed by atoms with Crippen LogP contribution in [0.3, 0.4) is 0 Å². The zero-order chi connectivity index (χ0) is 39.0. The molecule has 1 fully saturated rings. The van der Waals surface area contributed by atoms with Crippen LogP contribution in [0.15, 0.2) is 40.4 Å². The van der Waals surface area contributed by atoms with Crippen molar-refractivity contribution in [1.29, 1.82) is 0 Å². The van der Waals surface area contributed by atoms with E-state index in [9.17, 15) is 14.7 Å². The summed E-state index contributed by atoms with van der Waals surface area (Å²) in [6.45, 7) is 19.8. The lowest BCUT2D eigenvalue weighted by Crippen LogP contribution is -2.37. The number of fused-ring (bicyclic) bond motifs is 8. The van der Waals surface area contributed by atoms with Crippen molar-refractivity contribution in [3.8, 4) is 0 Å². The Hall–Kier alpha value is -4.24. The van der Waals surface area contributed by atoms with Crippen LogP contribution in [0.1, 0.15) is 127 Å². The second kappa shape index (κ2) is 16.2. The normalized spacial score (nSPS) is 27.2. The minimum absolute atomic E-state index is 0.0192. The number of aromatic amines is 2. The van der Waals surface area contributed by atoms with E-state index in [0.717, 1.165) is 75.9 Å². The third kappa shape index (κ3) is 7.40. The van der Waals surface area contributed by atoms with Crippen LogP contribution >= 0.6 is 0 Å². The van der Waals surface area contributed by atoms with Gasteiger partial charge in [-0.25, -0.2) is 0 Å². The van der Waals surface area contributed by atoms with Gasteiger partial charge in [0.1, 0.15) is 12.5 Å². The molecule has 6 rings (SSSR count). The first kappa shape index (κ1) is 39.5. The third-order valence-corrected chi connectivity index (χ3v) is 12.7. The molecule has 6 atom stereocenters. The summed E-state index contributed by atoms with van der Waals surface area (Å²) < 4.78 is 11.1. The van der Waals surface area contributed by atoms with Crippen molar-refractivity contribution in [3.63, 3.8) is 0 Å². The first-order valence-corrected chi connectivity index (χ1v) is 20.2. The van der Waals surface area contributed by atoms with Gasteiger partial charge in [-0.05, 0) is 124 Å². The number of carbonyl (C=O) groups excluding carboxylic acids is 2. The first-order chi connectivity index (χ1) is 25.8. The lowest BCUT2D eigenvalue weighted by molar-refractivity contribution is -0.147. The van der Waals surface area contributed by atoms with Crippen LogP contribution in [0.5, 0.6) is 0 Å². The van der Waals surface area contributed by atoms with Crippen LogP contribution in [0.4, 0.5) is 0 Å². The number of aliphatic hydroxyl groups excluding tert-OH is 1. The van der Waals surface area contributed by atoms with Crippen LogP contribution < -0.4 is 21.3 Å². The Kier molecular flexibility index (Phi) is 11.9. The average Bonchev–Trinajstić information content (AvgIpc) is 3.87. The van der Waals surface area contributed by atoms with Crippen LogP contribution in [0.2, 0.25) is 0 Å². The molecule has 0 radical (unpaired) electrons. The van der Waals surface area contributed by atoms with Gasteiger partial charge in [0, 0.05) is 63.0 Å². The van der Waals surface area contributed by atoms with Gasteiger partial charge < -0.3 is 35.2 Å². The van der Waals surface area contributed by atoms with Crippen molar-refractivity contribution in [3.05, 3.63) is 84.7 Å². The number of allylic oxidation sites excluding steroid dienone is 4. The summed E-state index contributed by atoms with van der Waals surface area (Å²) >= 11 is 0. The molecule has 9 nitrogen and oxygen atoms in total. The molecule has 8 bridgehead atoms. The highest BCUT2D eigenvalue weighted by Crippen LogP contribution is 2.45. The molecule has 5 heterocycles. The van der Waals surface area contributed by atoms with Gasteiger partial charge in [-0.3, -0.25) is 9.59 Å². The number of nitrogens with one attached hydrogen (secondary N) is 4. The fourth-order valence-electron chi connectivity index (χ4n) is 9.39. The fraction of sp³-hybridized carbons (Fsp3) is 0.556. The lowest BCUT2D eigenvalue weighted by Gasteiger charge is -2.27. The number of hydrogen-bond acceptors (Lipinski definition) is 7. The summed E-state index contributed by atoms with van der Waals surface area (Å²) in [7, 11) is 1.38. The van der Waals surface area contributed by atoms with Gasteiger partial charge in [0.05, 0.1) is 19.3 Å². The Labute approximate surface area is 321 Å². The minimum atomic E-state index is -1.07. The molecular weight excluding hydrogens is 677 g/mol. The topological polar surface area (TPSA) is 128 Å². The zero-order valence-corrected chi connectivity index (χ0v) is 34.1. The average molecular weight is 739 g/mol. The van der Waals surface area contributed by atoms with E-state index in [1.807, 2.05) is 13.0 Å². The SMILES string of the molecule is CCc1c2[nH]c(c1C)/C=C1\NC(=C(C)[C@H]1CC)/C=C1\NC(C3=c4[nH]/c(c(C)c4[C@H](O)[C@@H]3C(=O)OC)=C\2)[C@@H](CCC(=O)OC/C=C(/C)CCCC(C)C)[C@@H]1C. The van der Waals surface area contributed by atoms with Crippen LogP contribution in [-0.2, 0) is 25.5 Å². The summed E-state index contributed by atoms with van der Waals surface area (Å²) in [5.41, 5.74) is 12.8. The molecule has 1 unspecified atom stereocenters. The highest BCUT2D eigenvalue weighted by Gasteiger charge is 2.49. The number of esters is 2. The van der Waals surface area contributed by atoms with E-state index < -0.39 is 18.0 Å². The summed E-state index contributed by atoms with van der Waals surface area (Å²) in [6.07, 6.45) is 13.5. The summed E-state index contributed by atoms with van der Waals surface area (Å²) in [6, 6.07) is -0.342. The number of aromatic nitrogens is 2. The monoisotopic (exact) mass is 738 g/mol. The maximum absolute atomic E-state index is 13.6. The zero-order valence-electron chi connectivity index (χ0n) is 34.1. The number of aliphatic hydroxyl groups is 1. The van der Waals surface area contributed by atoms with Crippen molar-refractivity contribution in [2.45, 2.75) is 119 Å². The third-order valence-electron chi connectivity index (χ3n) is 12.7. The molecule has 2 aromatic heterocycles. The van der Waals surface area contributed by atoms with E-state index in [1.165, 1.54) is 41.5 Å². The maximum atomic E-state index is 13.6. The van der Waals surface area contributed by atoms with Crippen LogP contribution in [0.25, 0.3) is 17.7 Å². The van der Waals surface area contributed by atoms with Crippen molar-refractivity contribution in [2.24, 2.45) is 29.6 Å². The molecule has 54 heavy (non-hydrogen) atoms. The molecule has 0 amide bonds. The molecule has 0 saturated carbocycles. The van der Waals surface area contributed by atoms with E-state index in [-0.39, 0.29) is 42.8 Å². The standard InChI is InChI=1S/C45H62N4O5/c1-11-29-25(6)32-20-34-27(8)31(16-17-38(50)54-19-18-24(5)15-13-14-23(3)4)42(48-34)40-41(45(52)53-10)44(51)39-28(9)35(49-43(39)40)22-37-30(12-2)26(7)33(47-37)21-36(29)46-32/h18,20-23,27,29,31,41-42,44,46-49,51H,11-17,19H2,1-10H3/b24-18-,34-20-,35-22-,36-21-/t27-,29+,31-,41+,42?,44-/m0/s1. The highest BCUT2D eigenvalue weighted by atomic mass is 16.5. The smallest absolute Gasteiger partial charge is 0.315 e.